The summed E-state index contributed by atoms with van der Waals surface area (Å²) in [5.41, 5.74) is 3.42. The van der Waals surface area contributed by atoms with E-state index in [-0.39, 0.29) is 5.91 Å². The van der Waals surface area contributed by atoms with E-state index in [1.807, 2.05) is 25.3 Å². The van der Waals surface area contributed by atoms with Gasteiger partial charge in [-0.1, -0.05) is 12.1 Å². The number of fused-ring (bicyclic) bond motifs is 1. The average Bonchev–Trinajstić information content (AvgIpc) is 2.46. The number of benzene rings is 1. The molecule has 0 aromatic heterocycles. The van der Waals surface area contributed by atoms with Crippen LogP contribution in [0.2, 0.25) is 0 Å². The smallest absolute Gasteiger partial charge is 0.253 e. The highest BCUT2D eigenvalue weighted by Gasteiger charge is 2.15. The van der Waals surface area contributed by atoms with Crippen LogP contribution >= 0.6 is 0 Å². The second-order valence-electron chi connectivity index (χ2n) is 5.07. The number of nitrogens with zero attached hydrogens (tertiary/aromatic N) is 1. The predicted octanol–water partition coefficient (Wildman–Crippen LogP) is 2.37. The van der Waals surface area contributed by atoms with Crippen molar-refractivity contribution < 1.29 is 4.79 Å². The lowest BCUT2D eigenvalue weighted by molar-refractivity contribution is 0.0793. The first-order valence-corrected chi connectivity index (χ1v) is 6.91. The fourth-order valence-corrected chi connectivity index (χ4v) is 2.41. The monoisotopic (exact) mass is 258 g/mol. The van der Waals surface area contributed by atoms with Crippen molar-refractivity contribution in [2.24, 2.45) is 0 Å². The third kappa shape index (κ3) is 3.44. The summed E-state index contributed by atoms with van der Waals surface area (Å²) in [5, 5.41) is 3.34. The summed E-state index contributed by atoms with van der Waals surface area (Å²) in [6.45, 7) is 6.38. The molecule has 1 N–H and O–H groups in total. The molecular formula is C16H22N2O. The Balaban J connectivity index is 2.04. The van der Waals surface area contributed by atoms with Crippen LogP contribution in [0.15, 0.2) is 30.9 Å². The summed E-state index contributed by atoms with van der Waals surface area (Å²) in [6.07, 6.45) is 4.87. The van der Waals surface area contributed by atoms with Crippen molar-refractivity contribution in [3.63, 3.8) is 0 Å². The molecule has 0 saturated carbocycles. The zero-order valence-electron chi connectivity index (χ0n) is 11.6. The third-order valence-corrected chi connectivity index (χ3v) is 3.59. The van der Waals surface area contributed by atoms with Gasteiger partial charge in [0.2, 0.25) is 0 Å². The number of hydrogen-bond acceptors (Lipinski definition) is 2. The van der Waals surface area contributed by atoms with Gasteiger partial charge in [0.05, 0.1) is 0 Å². The standard InChI is InChI=1S/C16H22N2O/c1-3-4-5-10-18(2)16(19)14-7-6-13-8-9-17-12-15(13)11-14/h3,6-7,11,17H,1,4-5,8-10,12H2,2H3. The van der Waals surface area contributed by atoms with Crippen molar-refractivity contribution in [3.8, 4) is 0 Å². The SMILES string of the molecule is C=CCCCN(C)C(=O)c1ccc2c(c1)CNCC2. The molecule has 0 atom stereocenters. The largest absolute Gasteiger partial charge is 0.342 e. The van der Waals surface area contributed by atoms with Gasteiger partial charge in [0, 0.05) is 25.7 Å². The lowest BCUT2D eigenvalue weighted by Gasteiger charge is -2.20. The molecule has 0 saturated heterocycles. The van der Waals surface area contributed by atoms with Crippen molar-refractivity contribution in [2.45, 2.75) is 25.8 Å². The quantitative estimate of drug-likeness (QED) is 0.649. The lowest BCUT2D eigenvalue weighted by Crippen LogP contribution is -2.29. The number of carbonyl (C=O) groups excluding carboxylic acids is 1. The first-order valence-electron chi connectivity index (χ1n) is 6.91. The van der Waals surface area contributed by atoms with E-state index >= 15 is 0 Å². The lowest BCUT2D eigenvalue weighted by atomic mass is 9.98. The number of rotatable bonds is 5. The average molecular weight is 258 g/mol. The van der Waals surface area contributed by atoms with Crippen LogP contribution in [-0.4, -0.2) is 30.9 Å². The highest BCUT2D eigenvalue weighted by atomic mass is 16.2. The molecule has 0 aliphatic carbocycles. The first-order chi connectivity index (χ1) is 9.22. The normalized spacial score (nSPS) is 13.7. The van der Waals surface area contributed by atoms with E-state index in [1.54, 1.807) is 4.90 Å². The van der Waals surface area contributed by atoms with Gasteiger partial charge in [0.1, 0.15) is 0 Å². The molecule has 1 aliphatic heterocycles. The van der Waals surface area contributed by atoms with Gasteiger partial charge in [-0.05, 0) is 49.1 Å². The molecule has 3 nitrogen and oxygen atoms in total. The molecule has 19 heavy (non-hydrogen) atoms. The number of allylic oxidation sites excluding steroid dienone is 1. The maximum Gasteiger partial charge on any atom is 0.253 e. The summed E-state index contributed by atoms with van der Waals surface area (Å²) >= 11 is 0. The highest BCUT2D eigenvalue weighted by molar-refractivity contribution is 5.94. The fraction of sp³-hybridized carbons (Fsp3) is 0.438. The van der Waals surface area contributed by atoms with E-state index in [4.69, 9.17) is 0 Å². The molecule has 0 fully saturated rings. The summed E-state index contributed by atoms with van der Waals surface area (Å²) < 4.78 is 0. The van der Waals surface area contributed by atoms with Crippen LogP contribution < -0.4 is 5.32 Å². The summed E-state index contributed by atoms with van der Waals surface area (Å²) in [6, 6.07) is 6.09. The van der Waals surface area contributed by atoms with Crippen LogP contribution in [0.1, 0.15) is 34.3 Å². The van der Waals surface area contributed by atoms with Crippen LogP contribution in [0.4, 0.5) is 0 Å². The summed E-state index contributed by atoms with van der Waals surface area (Å²) in [4.78, 5) is 14.1. The van der Waals surface area contributed by atoms with E-state index in [0.29, 0.717) is 0 Å². The molecule has 0 unspecified atom stereocenters. The van der Waals surface area contributed by atoms with Crippen molar-refractivity contribution in [2.75, 3.05) is 20.1 Å². The van der Waals surface area contributed by atoms with Gasteiger partial charge in [-0.15, -0.1) is 6.58 Å². The zero-order valence-corrected chi connectivity index (χ0v) is 11.6. The molecule has 1 amide bonds. The third-order valence-electron chi connectivity index (χ3n) is 3.59. The number of amides is 1. The Morgan fingerprint density at radius 3 is 3.11 bits per heavy atom. The second kappa shape index (κ2) is 6.53. The van der Waals surface area contributed by atoms with Crippen molar-refractivity contribution in [3.05, 3.63) is 47.5 Å². The molecule has 1 heterocycles. The van der Waals surface area contributed by atoms with Gasteiger partial charge >= 0.3 is 0 Å². The number of carbonyl (C=O) groups is 1. The molecule has 2 rings (SSSR count). The summed E-state index contributed by atoms with van der Waals surface area (Å²) in [5.74, 6) is 0.109. The van der Waals surface area contributed by atoms with Crippen LogP contribution in [0.5, 0.6) is 0 Å². The van der Waals surface area contributed by atoms with Crippen molar-refractivity contribution in [1.29, 1.82) is 0 Å². The maximum atomic E-state index is 12.3. The predicted molar refractivity (Wildman–Crippen MR) is 78.2 cm³/mol. The maximum absolute atomic E-state index is 12.3. The highest BCUT2D eigenvalue weighted by Crippen LogP contribution is 2.17. The molecule has 1 aromatic rings. The Hall–Kier alpha value is -1.61. The molecular weight excluding hydrogens is 236 g/mol. The van der Waals surface area contributed by atoms with Gasteiger partial charge in [0.15, 0.2) is 0 Å². The number of hydrogen-bond donors (Lipinski definition) is 1. The minimum Gasteiger partial charge on any atom is -0.342 e. The minimum atomic E-state index is 0.109. The van der Waals surface area contributed by atoms with Gasteiger partial charge in [-0.2, -0.15) is 0 Å². The topological polar surface area (TPSA) is 32.3 Å². The number of nitrogens with one attached hydrogen (secondary N) is 1. The van der Waals surface area contributed by atoms with E-state index in [0.717, 1.165) is 44.5 Å². The first kappa shape index (κ1) is 13.8. The molecule has 1 aromatic carbocycles. The molecule has 102 valence electrons. The van der Waals surface area contributed by atoms with Crippen LogP contribution in [0.3, 0.4) is 0 Å². The van der Waals surface area contributed by atoms with Crippen molar-refractivity contribution in [1.82, 2.24) is 10.2 Å². The molecule has 1 aliphatic rings. The Morgan fingerprint density at radius 2 is 2.32 bits per heavy atom. The van der Waals surface area contributed by atoms with Gasteiger partial charge in [0.25, 0.3) is 5.91 Å². The Kier molecular flexibility index (Phi) is 4.74. The molecule has 0 spiro atoms. The number of unbranched alkanes of at least 4 members (excludes halogenated alkanes) is 1. The van der Waals surface area contributed by atoms with Gasteiger partial charge in [-0.3, -0.25) is 4.79 Å². The van der Waals surface area contributed by atoms with Crippen LogP contribution in [-0.2, 0) is 13.0 Å². The van der Waals surface area contributed by atoms with E-state index in [2.05, 4.69) is 18.0 Å². The van der Waals surface area contributed by atoms with E-state index < -0.39 is 0 Å². The van der Waals surface area contributed by atoms with E-state index in [1.165, 1.54) is 11.1 Å². The summed E-state index contributed by atoms with van der Waals surface area (Å²) in [7, 11) is 1.86. The zero-order chi connectivity index (χ0) is 13.7. The Morgan fingerprint density at radius 1 is 1.47 bits per heavy atom. The second-order valence-corrected chi connectivity index (χ2v) is 5.07. The molecule has 0 radical (unpaired) electrons. The van der Waals surface area contributed by atoms with Crippen LogP contribution in [0, 0.1) is 0 Å². The van der Waals surface area contributed by atoms with Gasteiger partial charge in [-0.25, -0.2) is 0 Å². The minimum absolute atomic E-state index is 0.109. The Bertz CT molecular complexity index is 468. The fourth-order valence-electron chi connectivity index (χ4n) is 2.41. The molecule has 0 bridgehead atoms. The van der Waals surface area contributed by atoms with Crippen LogP contribution in [0.25, 0.3) is 0 Å². The van der Waals surface area contributed by atoms with Gasteiger partial charge < -0.3 is 10.2 Å². The van der Waals surface area contributed by atoms with E-state index in [9.17, 15) is 4.79 Å². The van der Waals surface area contributed by atoms with Crippen molar-refractivity contribution >= 4 is 5.91 Å². The molecule has 3 heteroatoms. The Labute approximate surface area is 115 Å².